The Morgan fingerprint density at radius 1 is 0.778 bits per heavy atom. The number of aliphatic hydroxyl groups is 2. The van der Waals surface area contributed by atoms with Crippen molar-refractivity contribution in [3.63, 3.8) is 0 Å². The van der Waals surface area contributed by atoms with E-state index in [1.54, 1.807) is 13.8 Å². The van der Waals surface area contributed by atoms with Gasteiger partial charge in [0.2, 0.25) is 0 Å². The van der Waals surface area contributed by atoms with Gasteiger partial charge in [-0.15, -0.1) is 0 Å². The number of hydrogen-bond donors (Lipinski definition) is 2. The minimum Gasteiger partial charge on any atom is -0.665 e. The van der Waals surface area contributed by atoms with Gasteiger partial charge in [-0.1, -0.05) is 62.5 Å². The first-order chi connectivity index (χ1) is 11.7. The Balaban J connectivity index is 0. The fraction of sp³-hybridized carbons (Fsp3) is 0.591. The summed E-state index contributed by atoms with van der Waals surface area (Å²) in [6.45, 7) is 23.3. The largest absolute Gasteiger partial charge is 3.00 e. The zero-order valence-corrected chi connectivity index (χ0v) is 20.3. The van der Waals surface area contributed by atoms with E-state index in [-0.39, 0.29) is 21.7 Å². The minimum atomic E-state index is -0.978. The second kappa shape index (κ2) is 11.9. The molecule has 151 valence electrons. The van der Waals surface area contributed by atoms with E-state index in [0.717, 1.165) is 0 Å². The van der Waals surface area contributed by atoms with Crippen molar-refractivity contribution in [2.45, 2.75) is 87.4 Å². The van der Waals surface area contributed by atoms with Crippen molar-refractivity contribution in [2.75, 3.05) is 0 Å². The first-order valence-corrected chi connectivity index (χ1v) is 9.07. The zero-order valence-electron chi connectivity index (χ0n) is 18.8. The van der Waals surface area contributed by atoms with Crippen LogP contribution >= 0.6 is 0 Å². The summed E-state index contributed by atoms with van der Waals surface area (Å²) in [5.74, 6) is 0. The molecule has 0 saturated carbocycles. The monoisotopic (exact) mass is 409 g/mol. The fourth-order valence-corrected chi connectivity index (χ4v) is 2.56. The molecule has 2 aromatic rings. The number of rotatable bonds is 2. The molecule has 5 heteroatoms. The van der Waals surface area contributed by atoms with Gasteiger partial charge in [-0.25, -0.2) is 0 Å². The molecule has 2 aromatic heterocycles. The predicted octanol–water partition coefficient (Wildman–Crippen LogP) is 4.09. The van der Waals surface area contributed by atoms with Gasteiger partial charge in [0.25, 0.3) is 0 Å². The van der Waals surface area contributed by atoms with Crippen LogP contribution in [0.15, 0.2) is 0 Å². The van der Waals surface area contributed by atoms with Gasteiger partial charge in [0.05, 0.1) is 6.10 Å². The molecule has 0 aromatic carbocycles. The second-order valence-corrected chi connectivity index (χ2v) is 7.62. The molecule has 0 saturated heterocycles. The molecule has 1 radical (unpaired) electrons. The van der Waals surface area contributed by atoms with Gasteiger partial charge >= 0.3 is 21.7 Å². The standard InChI is InChI=1S/2C8H12N.C6H13O2.Ti/c2*1-5-6(2)8(4)9-7(5)3;1-5(7)4-6(2,3)8;/h2*1-4H3;5,7-8H,2,4H2,1,3H3;/q3*-1;+3. The van der Waals surface area contributed by atoms with Crippen molar-refractivity contribution in [3.05, 3.63) is 52.0 Å². The maximum absolute atomic E-state index is 8.92. The predicted molar refractivity (Wildman–Crippen MR) is 110 cm³/mol. The summed E-state index contributed by atoms with van der Waals surface area (Å²) in [6, 6.07) is 0. The molecule has 2 atom stereocenters. The summed E-state index contributed by atoms with van der Waals surface area (Å²) in [4.78, 5) is 8.62. The average molecular weight is 409 g/mol. The minimum absolute atomic E-state index is 0. The number of aryl methyl sites for hydroxylation is 4. The van der Waals surface area contributed by atoms with Gasteiger partial charge in [-0.2, -0.15) is 22.8 Å². The zero-order chi connectivity index (χ0) is 20.8. The van der Waals surface area contributed by atoms with E-state index in [2.05, 4.69) is 72.3 Å². The molecule has 0 fully saturated rings. The van der Waals surface area contributed by atoms with Gasteiger partial charge < -0.3 is 27.1 Å². The van der Waals surface area contributed by atoms with Crippen molar-refractivity contribution >= 4 is 0 Å². The Kier molecular flexibility index (Phi) is 12.5. The molecule has 2 rings (SSSR count). The molecular formula is C22H37N2O2Ti. The molecule has 0 amide bonds. The average Bonchev–Trinajstić information content (AvgIpc) is 2.82. The Morgan fingerprint density at radius 3 is 1.04 bits per heavy atom. The number of nitrogens with zero attached hydrogens (tertiary/aromatic N) is 2. The van der Waals surface area contributed by atoms with E-state index in [0.29, 0.717) is 6.42 Å². The molecule has 2 unspecified atom stereocenters. The molecule has 4 nitrogen and oxygen atoms in total. The van der Waals surface area contributed by atoms with Crippen LogP contribution in [0.5, 0.6) is 0 Å². The van der Waals surface area contributed by atoms with Gasteiger partial charge in [0.15, 0.2) is 0 Å². The molecule has 27 heavy (non-hydrogen) atoms. The molecule has 2 N–H and O–H groups in total. The van der Waals surface area contributed by atoms with Crippen LogP contribution in [-0.2, 0) is 21.7 Å². The van der Waals surface area contributed by atoms with Crippen LogP contribution in [0, 0.1) is 62.3 Å². The van der Waals surface area contributed by atoms with Crippen LogP contribution in [0.1, 0.15) is 65.3 Å². The molecule has 0 bridgehead atoms. The van der Waals surface area contributed by atoms with E-state index in [4.69, 9.17) is 10.2 Å². The smallest absolute Gasteiger partial charge is 0.665 e. The molecular weight excluding hydrogens is 372 g/mol. The molecule has 0 aliphatic carbocycles. The van der Waals surface area contributed by atoms with Crippen molar-refractivity contribution in [2.24, 2.45) is 0 Å². The maximum atomic E-state index is 8.92. The summed E-state index contributed by atoms with van der Waals surface area (Å²) in [5, 5.41) is 17.6. The van der Waals surface area contributed by atoms with Gasteiger partial charge in [-0.05, 0) is 41.0 Å². The van der Waals surface area contributed by atoms with Crippen LogP contribution in [0.25, 0.3) is 0 Å². The van der Waals surface area contributed by atoms with Crippen LogP contribution in [0.3, 0.4) is 0 Å². The summed E-state index contributed by atoms with van der Waals surface area (Å²) >= 11 is 0. The molecule has 0 spiro atoms. The Bertz CT molecular complexity index is 597. The molecule has 2 heterocycles. The first kappa shape index (κ1) is 28.4. The first-order valence-electron chi connectivity index (χ1n) is 9.07. The van der Waals surface area contributed by atoms with E-state index < -0.39 is 11.7 Å². The summed E-state index contributed by atoms with van der Waals surface area (Å²) < 4.78 is 0. The van der Waals surface area contributed by atoms with Crippen molar-refractivity contribution in [1.82, 2.24) is 9.97 Å². The van der Waals surface area contributed by atoms with E-state index in [9.17, 15) is 0 Å². The van der Waals surface area contributed by atoms with Crippen molar-refractivity contribution in [3.8, 4) is 0 Å². The van der Waals surface area contributed by atoms with Crippen molar-refractivity contribution in [1.29, 1.82) is 0 Å². The second-order valence-electron chi connectivity index (χ2n) is 7.62. The number of aliphatic hydroxyl groups excluding tert-OH is 1. The van der Waals surface area contributed by atoms with Crippen molar-refractivity contribution < 1.29 is 31.9 Å². The van der Waals surface area contributed by atoms with E-state index >= 15 is 0 Å². The van der Waals surface area contributed by atoms with Crippen LogP contribution in [0.4, 0.5) is 0 Å². The molecule has 0 aliphatic heterocycles. The van der Waals surface area contributed by atoms with Crippen LogP contribution < -0.4 is 9.97 Å². The maximum Gasteiger partial charge on any atom is 3.00 e. The summed E-state index contributed by atoms with van der Waals surface area (Å²) in [6.07, 6.45) is -0.144. The summed E-state index contributed by atoms with van der Waals surface area (Å²) in [5.41, 5.74) is 9.07. The quantitative estimate of drug-likeness (QED) is 0.579. The number of hydrogen-bond acceptors (Lipinski definition) is 2. The molecule has 0 aliphatic rings. The fourth-order valence-electron chi connectivity index (χ4n) is 2.56. The third kappa shape index (κ3) is 10.3. The van der Waals surface area contributed by atoms with Crippen LogP contribution in [0.2, 0.25) is 0 Å². The number of aromatic nitrogens is 2. The Labute approximate surface area is 181 Å². The Morgan fingerprint density at radius 2 is 1.00 bits per heavy atom. The third-order valence-corrected chi connectivity index (χ3v) is 4.70. The van der Waals surface area contributed by atoms with Crippen LogP contribution in [-0.4, -0.2) is 21.9 Å². The van der Waals surface area contributed by atoms with Gasteiger partial charge in [0.1, 0.15) is 0 Å². The van der Waals surface area contributed by atoms with Gasteiger partial charge in [-0.3, -0.25) is 0 Å². The topological polar surface area (TPSA) is 68.7 Å². The normalized spacial score (nSPS) is 13.4. The summed E-state index contributed by atoms with van der Waals surface area (Å²) in [7, 11) is 0. The van der Waals surface area contributed by atoms with Gasteiger partial charge in [0, 0.05) is 0 Å². The Hall–Kier alpha value is -0.806. The van der Waals surface area contributed by atoms with E-state index in [1.807, 2.05) is 0 Å². The third-order valence-electron chi connectivity index (χ3n) is 4.70. The van der Waals surface area contributed by atoms with E-state index in [1.165, 1.54) is 45.0 Å². The SMILES string of the molecule is Cc1[n-]c(C)c(C)c1C.Cc1[n-]c(C)c(C)c1C.[CH2-]C(C)(O)CC(C)O.[Ti+3].